The maximum absolute atomic E-state index is 13.3. The van der Waals surface area contributed by atoms with Crippen molar-refractivity contribution in [2.45, 2.75) is 24.3 Å². The van der Waals surface area contributed by atoms with Gasteiger partial charge < -0.3 is 0 Å². The number of benzene rings is 2. The van der Waals surface area contributed by atoms with Crippen LogP contribution >= 0.6 is 15.9 Å². The number of hydrogen-bond acceptors (Lipinski definition) is 0. The molecule has 2 aromatic carbocycles. The predicted octanol–water partition coefficient (Wildman–Crippen LogP) is 5.83. The molecule has 0 saturated heterocycles. The minimum absolute atomic E-state index is 0.304. The van der Waals surface area contributed by atoms with Gasteiger partial charge in [0.25, 0.3) is 0 Å². The van der Waals surface area contributed by atoms with Gasteiger partial charge in [-0.1, -0.05) is 51.8 Å². The first-order chi connectivity index (χ1) is 9.77. The molecule has 0 aliphatic rings. The van der Waals surface area contributed by atoms with Crippen LogP contribution in [0.25, 0.3) is 0 Å². The molecule has 2 aromatic rings. The van der Waals surface area contributed by atoms with E-state index in [2.05, 4.69) is 15.9 Å². The highest BCUT2D eigenvalue weighted by Gasteiger charge is 2.34. The van der Waals surface area contributed by atoms with Crippen molar-refractivity contribution in [3.05, 3.63) is 70.5 Å². The van der Waals surface area contributed by atoms with Crippen LogP contribution in [0.1, 0.15) is 27.1 Å². The van der Waals surface area contributed by atoms with E-state index >= 15 is 0 Å². The van der Waals surface area contributed by atoms with E-state index in [1.54, 1.807) is 0 Å². The van der Waals surface area contributed by atoms with Gasteiger partial charge in [-0.15, -0.1) is 0 Å². The van der Waals surface area contributed by atoms with Gasteiger partial charge in [0.15, 0.2) is 0 Å². The number of alkyl halides is 4. The second-order valence-corrected chi connectivity index (χ2v) is 6.00. The molecule has 0 radical (unpaired) electrons. The van der Waals surface area contributed by atoms with E-state index in [4.69, 9.17) is 0 Å². The highest BCUT2D eigenvalue weighted by molar-refractivity contribution is 9.09. The first-order valence-electron chi connectivity index (χ1n) is 6.33. The van der Waals surface area contributed by atoms with Gasteiger partial charge in [-0.2, -0.15) is 13.2 Å². The Morgan fingerprint density at radius 3 is 2.24 bits per heavy atom. The second-order valence-electron chi connectivity index (χ2n) is 4.89. The molecule has 0 aromatic heterocycles. The first kappa shape index (κ1) is 16.0. The molecule has 112 valence electrons. The molecule has 0 nitrogen and oxygen atoms in total. The predicted molar refractivity (Wildman–Crippen MR) is 78.0 cm³/mol. The zero-order chi connectivity index (χ0) is 15.6. The highest BCUT2D eigenvalue weighted by Crippen LogP contribution is 2.35. The molecule has 1 unspecified atom stereocenters. The fourth-order valence-corrected chi connectivity index (χ4v) is 2.66. The van der Waals surface area contributed by atoms with Crippen LogP contribution in [0.15, 0.2) is 42.5 Å². The summed E-state index contributed by atoms with van der Waals surface area (Å²) in [5, 5.41) is 0. The van der Waals surface area contributed by atoms with Crippen LogP contribution in [0.3, 0.4) is 0 Å². The van der Waals surface area contributed by atoms with Crippen LogP contribution in [-0.4, -0.2) is 0 Å². The fraction of sp³-hybridized carbons (Fsp3) is 0.250. The molecule has 0 spiro atoms. The molecule has 0 aliphatic carbocycles. The van der Waals surface area contributed by atoms with E-state index in [-0.39, 0.29) is 4.83 Å². The molecule has 0 fully saturated rings. The number of halogens is 5. The van der Waals surface area contributed by atoms with Gasteiger partial charge >= 0.3 is 6.18 Å². The van der Waals surface area contributed by atoms with Crippen molar-refractivity contribution in [1.29, 1.82) is 0 Å². The van der Waals surface area contributed by atoms with Crippen molar-refractivity contribution in [3.63, 3.8) is 0 Å². The third-order valence-electron chi connectivity index (χ3n) is 3.19. The molecule has 0 heterocycles. The molecule has 2 rings (SSSR count). The molecule has 0 amide bonds. The number of aryl methyl sites for hydroxylation is 1. The lowest BCUT2D eigenvalue weighted by Gasteiger charge is -2.14. The van der Waals surface area contributed by atoms with E-state index in [9.17, 15) is 17.6 Å². The molecular formula is C16H13BrF4. The highest BCUT2D eigenvalue weighted by atomic mass is 79.9. The van der Waals surface area contributed by atoms with Crippen LogP contribution in [0.4, 0.5) is 17.6 Å². The largest absolute Gasteiger partial charge is 0.419 e. The van der Waals surface area contributed by atoms with E-state index in [1.165, 1.54) is 6.07 Å². The maximum Gasteiger partial charge on any atom is 0.419 e. The van der Waals surface area contributed by atoms with Crippen molar-refractivity contribution in [3.8, 4) is 0 Å². The van der Waals surface area contributed by atoms with Crippen molar-refractivity contribution >= 4 is 15.9 Å². The molecule has 0 N–H and O–H groups in total. The summed E-state index contributed by atoms with van der Waals surface area (Å²) < 4.78 is 51.4. The monoisotopic (exact) mass is 360 g/mol. The first-order valence-corrected chi connectivity index (χ1v) is 7.25. The normalized spacial score (nSPS) is 13.2. The Bertz CT molecular complexity index is 617. The van der Waals surface area contributed by atoms with Gasteiger partial charge in [-0.3, -0.25) is 0 Å². The van der Waals surface area contributed by atoms with Crippen LogP contribution in [-0.2, 0) is 12.6 Å². The number of rotatable bonds is 3. The van der Waals surface area contributed by atoms with Crippen LogP contribution in [0, 0.1) is 12.7 Å². The Kier molecular flexibility index (Phi) is 4.71. The summed E-state index contributed by atoms with van der Waals surface area (Å²) >= 11 is 3.38. The van der Waals surface area contributed by atoms with Gasteiger partial charge in [-0.05, 0) is 36.6 Å². The zero-order valence-corrected chi connectivity index (χ0v) is 12.8. The Balaban J connectivity index is 2.23. The minimum atomic E-state index is -4.68. The lowest BCUT2D eigenvalue weighted by atomic mass is 10.0. The van der Waals surface area contributed by atoms with E-state index in [0.717, 1.165) is 23.3 Å². The van der Waals surface area contributed by atoms with Crippen molar-refractivity contribution in [2.75, 3.05) is 0 Å². The Morgan fingerprint density at radius 2 is 1.67 bits per heavy atom. The smallest absolute Gasteiger partial charge is 0.206 e. The van der Waals surface area contributed by atoms with Gasteiger partial charge in [0.1, 0.15) is 5.82 Å². The van der Waals surface area contributed by atoms with Crippen molar-refractivity contribution in [1.82, 2.24) is 0 Å². The third-order valence-corrected chi connectivity index (χ3v) is 4.05. The molecular weight excluding hydrogens is 348 g/mol. The molecule has 5 heteroatoms. The fourth-order valence-electron chi connectivity index (χ4n) is 2.00. The summed E-state index contributed by atoms with van der Waals surface area (Å²) in [6, 6.07) is 10.8. The van der Waals surface area contributed by atoms with Gasteiger partial charge in [0.2, 0.25) is 0 Å². The lowest BCUT2D eigenvalue weighted by Crippen LogP contribution is -2.09. The third kappa shape index (κ3) is 4.06. The van der Waals surface area contributed by atoms with Crippen molar-refractivity contribution in [2.24, 2.45) is 0 Å². The van der Waals surface area contributed by atoms with Crippen LogP contribution in [0.2, 0.25) is 0 Å². The summed E-state index contributed by atoms with van der Waals surface area (Å²) in [5.41, 5.74) is 1.30. The Labute approximate surface area is 128 Å². The van der Waals surface area contributed by atoms with Gasteiger partial charge in [0.05, 0.1) is 5.56 Å². The van der Waals surface area contributed by atoms with Gasteiger partial charge in [-0.25, -0.2) is 4.39 Å². The Hall–Kier alpha value is -1.36. The standard InChI is InChI=1S/C16H13BrF4/c1-10-2-4-11(5-3-10)8-14(17)12-6-7-15(18)13(9-12)16(19,20)21/h2-7,9,14H,8H2,1H3. The van der Waals surface area contributed by atoms with Crippen LogP contribution in [0.5, 0.6) is 0 Å². The topological polar surface area (TPSA) is 0 Å². The van der Waals surface area contributed by atoms with Crippen molar-refractivity contribution < 1.29 is 17.6 Å². The van der Waals surface area contributed by atoms with E-state index < -0.39 is 17.6 Å². The van der Waals surface area contributed by atoms with Crippen LogP contribution < -0.4 is 0 Å². The zero-order valence-electron chi connectivity index (χ0n) is 11.2. The molecule has 0 saturated carbocycles. The average molecular weight is 361 g/mol. The second kappa shape index (κ2) is 6.18. The molecule has 0 bridgehead atoms. The quantitative estimate of drug-likeness (QED) is 0.477. The summed E-state index contributed by atoms with van der Waals surface area (Å²) in [7, 11) is 0. The van der Waals surface area contributed by atoms with E-state index in [1.807, 2.05) is 31.2 Å². The van der Waals surface area contributed by atoms with E-state index in [0.29, 0.717) is 12.0 Å². The molecule has 0 aliphatic heterocycles. The number of hydrogen-bond donors (Lipinski definition) is 0. The Morgan fingerprint density at radius 1 is 1.05 bits per heavy atom. The average Bonchev–Trinajstić information content (AvgIpc) is 2.40. The minimum Gasteiger partial charge on any atom is -0.206 e. The lowest BCUT2D eigenvalue weighted by molar-refractivity contribution is -0.140. The SMILES string of the molecule is Cc1ccc(CC(Br)c2ccc(F)c(C(F)(F)F)c2)cc1. The summed E-state index contributed by atoms with van der Waals surface area (Å²) in [5.74, 6) is -1.25. The summed E-state index contributed by atoms with van der Waals surface area (Å²) in [6.45, 7) is 1.96. The van der Waals surface area contributed by atoms with Gasteiger partial charge in [0, 0.05) is 4.83 Å². The maximum atomic E-state index is 13.3. The molecule has 21 heavy (non-hydrogen) atoms. The summed E-state index contributed by atoms with van der Waals surface area (Å²) in [4.78, 5) is -0.304. The summed E-state index contributed by atoms with van der Waals surface area (Å²) in [6.07, 6.45) is -4.15. The molecule has 1 atom stereocenters.